The summed E-state index contributed by atoms with van der Waals surface area (Å²) >= 11 is 0. The summed E-state index contributed by atoms with van der Waals surface area (Å²) in [5.41, 5.74) is 1.88. The predicted molar refractivity (Wildman–Crippen MR) is 92.2 cm³/mol. The van der Waals surface area contributed by atoms with Gasteiger partial charge in [0.15, 0.2) is 0 Å². The van der Waals surface area contributed by atoms with E-state index in [1.165, 1.54) is 4.31 Å². The third-order valence-corrected chi connectivity index (χ3v) is 5.45. The lowest BCUT2D eigenvalue weighted by Crippen LogP contribution is -2.43. The lowest BCUT2D eigenvalue weighted by atomic mass is 9.99. The molecule has 3 rings (SSSR count). The Balaban J connectivity index is 1.66. The summed E-state index contributed by atoms with van der Waals surface area (Å²) in [5.74, 6) is -0.428. The van der Waals surface area contributed by atoms with Crippen molar-refractivity contribution in [2.24, 2.45) is 5.92 Å². The van der Waals surface area contributed by atoms with E-state index in [2.05, 4.69) is 15.5 Å². The molecular formula is C16H20N4O4S. The molecule has 0 spiro atoms. The Morgan fingerprint density at radius 2 is 2.00 bits per heavy atom. The molecule has 1 unspecified atom stereocenters. The largest absolute Gasteiger partial charge is 0.403 e. The molecule has 1 aromatic carbocycles. The third kappa shape index (κ3) is 4.23. The van der Waals surface area contributed by atoms with Crippen LogP contribution in [0.15, 0.2) is 28.7 Å². The van der Waals surface area contributed by atoms with Crippen LogP contribution in [-0.2, 0) is 14.8 Å². The van der Waals surface area contributed by atoms with E-state index in [0.29, 0.717) is 25.3 Å². The summed E-state index contributed by atoms with van der Waals surface area (Å²) in [6.07, 6.45) is 2.42. The van der Waals surface area contributed by atoms with Crippen LogP contribution in [0.4, 0.5) is 6.01 Å². The number of aryl methyl sites for hydroxylation is 1. The SMILES string of the molecule is Cc1ccc(-c2nnc(NC(=O)C3CCCN(S(C)(=O)=O)C3)o2)cc1. The normalized spacial score (nSPS) is 18.9. The van der Waals surface area contributed by atoms with Gasteiger partial charge in [-0.05, 0) is 31.9 Å². The molecule has 1 N–H and O–H groups in total. The topological polar surface area (TPSA) is 105 Å². The molecule has 0 radical (unpaired) electrons. The van der Waals surface area contributed by atoms with Gasteiger partial charge in [-0.25, -0.2) is 12.7 Å². The first-order chi connectivity index (χ1) is 11.8. The molecule has 2 heterocycles. The number of hydrogen-bond acceptors (Lipinski definition) is 6. The minimum Gasteiger partial charge on any atom is -0.403 e. The lowest BCUT2D eigenvalue weighted by molar-refractivity contribution is -0.121. The highest BCUT2D eigenvalue weighted by Crippen LogP contribution is 2.23. The van der Waals surface area contributed by atoms with E-state index < -0.39 is 15.9 Å². The van der Waals surface area contributed by atoms with Gasteiger partial charge in [0.05, 0.1) is 12.2 Å². The molecule has 0 saturated carbocycles. The summed E-state index contributed by atoms with van der Waals surface area (Å²) in [7, 11) is -3.30. The molecule has 1 aromatic heterocycles. The highest BCUT2D eigenvalue weighted by atomic mass is 32.2. The second kappa shape index (κ2) is 6.93. The zero-order chi connectivity index (χ0) is 18.0. The Kier molecular flexibility index (Phi) is 4.87. The summed E-state index contributed by atoms with van der Waals surface area (Å²) in [6, 6.07) is 7.59. The standard InChI is InChI=1S/C16H20N4O4S/c1-11-5-7-12(8-6-11)15-18-19-16(24-15)17-14(21)13-4-3-9-20(10-13)25(2,22)23/h5-8,13H,3-4,9-10H2,1-2H3,(H,17,19,21). The van der Waals surface area contributed by atoms with Crippen LogP contribution in [0.1, 0.15) is 18.4 Å². The van der Waals surface area contributed by atoms with Crippen LogP contribution in [0.5, 0.6) is 0 Å². The average molecular weight is 364 g/mol. The molecule has 1 fully saturated rings. The van der Waals surface area contributed by atoms with Crippen molar-refractivity contribution in [1.29, 1.82) is 0 Å². The summed E-state index contributed by atoms with van der Waals surface area (Å²) in [5, 5.41) is 10.4. The number of benzene rings is 1. The number of anilines is 1. The van der Waals surface area contributed by atoms with E-state index in [1.807, 2.05) is 31.2 Å². The van der Waals surface area contributed by atoms with Crippen LogP contribution < -0.4 is 5.32 Å². The second-order valence-corrected chi connectivity index (χ2v) is 8.21. The fraction of sp³-hybridized carbons (Fsp3) is 0.438. The third-order valence-electron chi connectivity index (χ3n) is 4.18. The molecule has 1 aliphatic rings. The van der Waals surface area contributed by atoms with Gasteiger partial charge in [-0.1, -0.05) is 22.8 Å². The Bertz CT molecular complexity index is 861. The van der Waals surface area contributed by atoms with Crippen LogP contribution >= 0.6 is 0 Å². The van der Waals surface area contributed by atoms with Crippen LogP contribution in [0.3, 0.4) is 0 Å². The van der Waals surface area contributed by atoms with Gasteiger partial charge in [0.1, 0.15) is 0 Å². The number of rotatable bonds is 4. The maximum absolute atomic E-state index is 12.4. The quantitative estimate of drug-likeness (QED) is 0.884. The zero-order valence-corrected chi connectivity index (χ0v) is 14.9. The molecule has 25 heavy (non-hydrogen) atoms. The Morgan fingerprint density at radius 1 is 1.28 bits per heavy atom. The van der Waals surface area contributed by atoms with Crippen molar-refractivity contribution in [2.75, 3.05) is 24.7 Å². The van der Waals surface area contributed by atoms with Crippen molar-refractivity contribution >= 4 is 21.9 Å². The first kappa shape index (κ1) is 17.6. The molecule has 1 saturated heterocycles. The van der Waals surface area contributed by atoms with Crippen molar-refractivity contribution in [3.05, 3.63) is 29.8 Å². The summed E-state index contributed by atoms with van der Waals surface area (Å²) < 4.78 is 30.1. The van der Waals surface area contributed by atoms with Crippen LogP contribution in [0, 0.1) is 12.8 Å². The van der Waals surface area contributed by atoms with Gasteiger partial charge >= 0.3 is 6.01 Å². The van der Waals surface area contributed by atoms with Crippen LogP contribution in [0.2, 0.25) is 0 Å². The van der Waals surface area contributed by atoms with Gasteiger partial charge in [0, 0.05) is 18.7 Å². The predicted octanol–water partition coefficient (Wildman–Crippen LogP) is 1.66. The Labute approximate surface area is 146 Å². The monoisotopic (exact) mass is 364 g/mol. The van der Waals surface area contributed by atoms with Crippen molar-refractivity contribution in [1.82, 2.24) is 14.5 Å². The molecule has 2 aromatic rings. The number of hydrogen-bond donors (Lipinski definition) is 1. The molecule has 1 aliphatic heterocycles. The van der Waals surface area contributed by atoms with Crippen LogP contribution in [-0.4, -0.2) is 48.2 Å². The molecule has 1 amide bonds. The van der Waals surface area contributed by atoms with Gasteiger partial charge < -0.3 is 4.42 Å². The van der Waals surface area contributed by atoms with Gasteiger partial charge in [-0.15, -0.1) is 5.10 Å². The maximum atomic E-state index is 12.4. The van der Waals surface area contributed by atoms with Gasteiger partial charge in [-0.3, -0.25) is 10.1 Å². The fourth-order valence-electron chi connectivity index (χ4n) is 2.75. The van der Waals surface area contributed by atoms with E-state index in [4.69, 9.17) is 4.42 Å². The molecule has 134 valence electrons. The van der Waals surface area contributed by atoms with Crippen molar-refractivity contribution in [3.63, 3.8) is 0 Å². The van der Waals surface area contributed by atoms with E-state index >= 15 is 0 Å². The molecule has 1 atom stereocenters. The smallest absolute Gasteiger partial charge is 0.322 e. The number of amides is 1. The summed E-state index contributed by atoms with van der Waals surface area (Å²) in [4.78, 5) is 12.4. The second-order valence-electron chi connectivity index (χ2n) is 6.23. The Morgan fingerprint density at radius 3 is 2.68 bits per heavy atom. The van der Waals surface area contributed by atoms with Crippen LogP contribution in [0.25, 0.3) is 11.5 Å². The minimum atomic E-state index is -3.30. The zero-order valence-electron chi connectivity index (χ0n) is 14.1. The average Bonchev–Trinajstić information content (AvgIpc) is 3.03. The first-order valence-electron chi connectivity index (χ1n) is 7.99. The van der Waals surface area contributed by atoms with Crippen molar-refractivity contribution < 1.29 is 17.6 Å². The van der Waals surface area contributed by atoms with Gasteiger partial charge in [-0.2, -0.15) is 0 Å². The number of nitrogens with zero attached hydrogens (tertiary/aromatic N) is 3. The number of carbonyl (C=O) groups is 1. The van der Waals surface area contributed by atoms with Crippen molar-refractivity contribution in [2.45, 2.75) is 19.8 Å². The van der Waals surface area contributed by atoms with E-state index in [1.54, 1.807) is 0 Å². The molecular weight excluding hydrogens is 344 g/mol. The van der Waals surface area contributed by atoms with E-state index in [0.717, 1.165) is 17.4 Å². The number of carbonyl (C=O) groups excluding carboxylic acids is 1. The highest BCUT2D eigenvalue weighted by Gasteiger charge is 2.30. The minimum absolute atomic E-state index is 0.0112. The molecule has 9 heteroatoms. The summed E-state index contributed by atoms with van der Waals surface area (Å²) in [6.45, 7) is 2.59. The Hall–Kier alpha value is -2.26. The lowest BCUT2D eigenvalue weighted by Gasteiger charge is -2.29. The molecule has 0 bridgehead atoms. The van der Waals surface area contributed by atoms with Gasteiger partial charge in [0.25, 0.3) is 0 Å². The highest BCUT2D eigenvalue weighted by molar-refractivity contribution is 7.88. The number of piperidine rings is 1. The fourth-order valence-corrected chi connectivity index (χ4v) is 3.66. The number of aromatic nitrogens is 2. The van der Waals surface area contributed by atoms with E-state index in [9.17, 15) is 13.2 Å². The molecule has 0 aliphatic carbocycles. The van der Waals surface area contributed by atoms with Crippen molar-refractivity contribution in [3.8, 4) is 11.5 Å². The van der Waals surface area contributed by atoms with E-state index in [-0.39, 0.29) is 18.5 Å². The molecule has 8 nitrogen and oxygen atoms in total. The number of nitrogens with one attached hydrogen (secondary N) is 1. The number of sulfonamides is 1. The van der Waals surface area contributed by atoms with Gasteiger partial charge in [0.2, 0.25) is 21.8 Å². The maximum Gasteiger partial charge on any atom is 0.322 e. The first-order valence-corrected chi connectivity index (χ1v) is 9.84.